The second-order valence-electron chi connectivity index (χ2n) is 7.65. The number of thioether (sulfide) groups is 1. The van der Waals surface area contributed by atoms with E-state index >= 15 is 0 Å². The third-order valence-electron chi connectivity index (χ3n) is 5.28. The predicted molar refractivity (Wildman–Crippen MR) is 132 cm³/mol. The molecule has 0 saturated heterocycles. The van der Waals surface area contributed by atoms with Crippen LogP contribution in [0.15, 0.2) is 57.8 Å². The Morgan fingerprint density at radius 1 is 1.15 bits per heavy atom. The molecule has 33 heavy (non-hydrogen) atoms. The molecule has 0 aliphatic carbocycles. The van der Waals surface area contributed by atoms with E-state index in [1.807, 2.05) is 36.6 Å². The van der Waals surface area contributed by atoms with Crippen molar-refractivity contribution in [3.05, 3.63) is 63.8 Å². The van der Waals surface area contributed by atoms with Gasteiger partial charge in [0.05, 0.1) is 11.3 Å². The summed E-state index contributed by atoms with van der Waals surface area (Å²) in [5, 5.41) is 5.32. The Morgan fingerprint density at radius 2 is 1.91 bits per heavy atom. The van der Waals surface area contributed by atoms with Gasteiger partial charge in [-0.1, -0.05) is 41.6 Å². The van der Waals surface area contributed by atoms with Crippen molar-refractivity contribution < 1.29 is 14.3 Å². The molecule has 0 bridgehead atoms. The lowest BCUT2D eigenvalue weighted by Gasteiger charge is -2.19. The Labute approximate surface area is 198 Å². The molecule has 2 aromatic heterocycles. The number of anilines is 1. The monoisotopic (exact) mass is 479 g/mol. The number of ether oxygens (including phenoxy) is 2. The van der Waals surface area contributed by atoms with E-state index in [1.54, 1.807) is 25.2 Å². The molecule has 0 atom stereocenters. The van der Waals surface area contributed by atoms with Crippen molar-refractivity contribution >= 4 is 44.9 Å². The van der Waals surface area contributed by atoms with Gasteiger partial charge in [-0.3, -0.25) is 14.2 Å². The Balaban J connectivity index is 1.35. The molecule has 7 nitrogen and oxygen atoms in total. The van der Waals surface area contributed by atoms with Crippen LogP contribution in [0.3, 0.4) is 0 Å². The van der Waals surface area contributed by atoms with Gasteiger partial charge >= 0.3 is 0 Å². The van der Waals surface area contributed by atoms with Crippen LogP contribution in [-0.2, 0) is 11.8 Å². The van der Waals surface area contributed by atoms with Gasteiger partial charge in [-0.2, -0.15) is 0 Å². The number of carbonyl (C=O) groups excluding carboxylic acids is 1. The summed E-state index contributed by atoms with van der Waals surface area (Å²) in [5.74, 6) is 1.20. The lowest BCUT2D eigenvalue weighted by Crippen LogP contribution is -2.21. The van der Waals surface area contributed by atoms with E-state index < -0.39 is 0 Å². The zero-order valence-corrected chi connectivity index (χ0v) is 19.7. The number of amides is 1. The maximum atomic E-state index is 12.9. The lowest BCUT2D eigenvalue weighted by atomic mass is 10.1. The van der Waals surface area contributed by atoms with Crippen LogP contribution in [0, 0.1) is 6.92 Å². The predicted octanol–water partition coefficient (Wildman–Crippen LogP) is 4.47. The summed E-state index contributed by atoms with van der Waals surface area (Å²) in [5.41, 5.74) is 4.29. The van der Waals surface area contributed by atoms with Gasteiger partial charge < -0.3 is 14.8 Å². The van der Waals surface area contributed by atoms with Crippen molar-refractivity contribution in [2.75, 3.05) is 24.3 Å². The molecule has 3 heterocycles. The summed E-state index contributed by atoms with van der Waals surface area (Å²) in [4.78, 5) is 30.2. The van der Waals surface area contributed by atoms with Gasteiger partial charge in [0.1, 0.15) is 17.9 Å². The molecule has 1 amide bonds. The van der Waals surface area contributed by atoms with Gasteiger partial charge in [0, 0.05) is 29.7 Å². The highest BCUT2D eigenvalue weighted by Crippen LogP contribution is 2.34. The molecule has 1 aliphatic rings. The van der Waals surface area contributed by atoms with Gasteiger partial charge in [0.2, 0.25) is 5.91 Å². The fourth-order valence-corrected chi connectivity index (χ4v) is 5.29. The Kier molecular flexibility index (Phi) is 5.82. The molecule has 0 radical (unpaired) electrons. The van der Waals surface area contributed by atoms with Gasteiger partial charge in [-0.25, -0.2) is 4.98 Å². The van der Waals surface area contributed by atoms with E-state index in [1.165, 1.54) is 33.2 Å². The maximum absolute atomic E-state index is 12.9. The van der Waals surface area contributed by atoms with Crippen molar-refractivity contribution in [1.82, 2.24) is 9.55 Å². The van der Waals surface area contributed by atoms with Crippen LogP contribution in [0.2, 0.25) is 0 Å². The summed E-state index contributed by atoms with van der Waals surface area (Å²) in [6, 6.07) is 13.4. The summed E-state index contributed by atoms with van der Waals surface area (Å²) < 4.78 is 13.2. The van der Waals surface area contributed by atoms with Crippen molar-refractivity contribution in [3.8, 4) is 22.6 Å². The highest BCUT2D eigenvalue weighted by Gasteiger charge is 2.17. The van der Waals surface area contributed by atoms with Crippen molar-refractivity contribution in [2.24, 2.45) is 7.05 Å². The number of benzene rings is 2. The third kappa shape index (κ3) is 4.34. The van der Waals surface area contributed by atoms with Crippen molar-refractivity contribution in [3.63, 3.8) is 0 Å². The maximum Gasteiger partial charge on any atom is 0.271 e. The van der Waals surface area contributed by atoms with Crippen LogP contribution in [-0.4, -0.2) is 34.4 Å². The topological polar surface area (TPSA) is 82.5 Å². The van der Waals surface area contributed by atoms with Crippen LogP contribution in [0.5, 0.6) is 11.5 Å². The van der Waals surface area contributed by atoms with Crippen molar-refractivity contribution in [1.29, 1.82) is 0 Å². The minimum Gasteiger partial charge on any atom is -0.486 e. The molecule has 1 aliphatic heterocycles. The first-order valence-electron chi connectivity index (χ1n) is 10.4. The zero-order valence-electron chi connectivity index (χ0n) is 18.1. The van der Waals surface area contributed by atoms with E-state index in [2.05, 4.69) is 5.32 Å². The Morgan fingerprint density at radius 3 is 2.70 bits per heavy atom. The minimum atomic E-state index is -0.199. The third-order valence-corrected chi connectivity index (χ3v) is 7.27. The van der Waals surface area contributed by atoms with Crippen LogP contribution >= 0.6 is 23.1 Å². The number of thiophene rings is 1. The van der Waals surface area contributed by atoms with Crippen LogP contribution in [0.4, 0.5) is 5.69 Å². The van der Waals surface area contributed by atoms with Crippen LogP contribution in [0.25, 0.3) is 21.3 Å². The minimum absolute atomic E-state index is 0.113. The molecular formula is C24H21N3O4S2. The zero-order chi connectivity index (χ0) is 22.9. The SMILES string of the molecule is Cc1ccc(-c2csc3c(=O)n(C)c(SCC(=O)Nc4ccc5c(c4)OCCO5)nc23)cc1. The van der Waals surface area contributed by atoms with Gasteiger partial charge in [-0.05, 0) is 24.6 Å². The molecule has 0 unspecified atom stereocenters. The van der Waals surface area contributed by atoms with Gasteiger partial charge in [0.25, 0.3) is 5.56 Å². The first-order valence-corrected chi connectivity index (χ1v) is 12.2. The second-order valence-corrected chi connectivity index (χ2v) is 9.47. The van der Waals surface area contributed by atoms with E-state index in [0.717, 1.165) is 11.1 Å². The second kappa shape index (κ2) is 8.92. The number of nitrogens with zero attached hydrogens (tertiary/aromatic N) is 2. The molecule has 0 spiro atoms. The fourth-order valence-electron chi connectivity index (χ4n) is 3.54. The van der Waals surface area contributed by atoms with Crippen LogP contribution < -0.4 is 20.3 Å². The molecule has 0 saturated carbocycles. The average Bonchev–Trinajstić information content (AvgIpc) is 3.25. The molecular weight excluding hydrogens is 458 g/mol. The molecule has 4 aromatic rings. The molecule has 2 aromatic carbocycles. The number of fused-ring (bicyclic) bond motifs is 2. The van der Waals surface area contributed by atoms with Gasteiger partial charge in [0.15, 0.2) is 16.7 Å². The van der Waals surface area contributed by atoms with Crippen LogP contribution in [0.1, 0.15) is 5.56 Å². The van der Waals surface area contributed by atoms with E-state index in [0.29, 0.717) is 45.8 Å². The summed E-state index contributed by atoms with van der Waals surface area (Å²) in [7, 11) is 1.68. The normalized spacial score (nSPS) is 12.7. The molecule has 0 fully saturated rings. The number of hydrogen-bond acceptors (Lipinski definition) is 7. The molecule has 1 N–H and O–H groups in total. The number of rotatable bonds is 5. The van der Waals surface area contributed by atoms with E-state index in [4.69, 9.17) is 14.5 Å². The summed E-state index contributed by atoms with van der Waals surface area (Å²) in [6.07, 6.45) is 0. The highest BCUT2D eigenvalue weighted by molar-refractivity contribution is 7.99. The Bertz CT molecular complexity index is 1410. The standard InChI is InChI=1S/C24H21N3O4S2/c1-14-3-5-15(6-4-14)17-12-32-22-21(17)26-24(27(2)23(22)29)33-13-20(28)25-16-7-8-18-19(11-16)31-10-9-30-18/h3-8,11-12H,9-10,13H2,1-2H3,(H,25,28). The first-order chi connectivity index (χ1) is 16.0. The summed E-state index contributed by atoms with van der Waals surface area (Å²) in [6.45, 7) is 3.03. The number of carbonyl (C=O) groups is 1. The quantitative estimate of drug-likeness (QED) is 0.336. The number of hydrogen-bond donors (Lipinski definition) is 1. The summed E-state index contributed by atoms with van der Waals surface area (Å²) >= 11 is 2.62. The van der Waals surface area contributed by atoms with E-state index in [9.17, 15) is 9.59 Å². The molecule has 168 valence electrons. The average molecular weight is 480 g/mol. The first kappa shape index (κ1) is 21.5. The van der Waals surface area contributed by atoms with Gasteiger partial charge in [-0.15, -0.1) is 11.3 Å². The highest BCUT2D eigenvalue weighted by atomic mass is 32.2. The lowest BCUT2D eigenvalue weighted by molar-refractivity contribution is -0.113. The molecule has 5 rings (SSSR count). The number of aromatic nitrogens is 2. The molecule has 9 heteroatoms. The van der Waals surface area contributed by atoms with E-state index in [-0.39, 0.29) is 17.2 Å². The smallest absolute Gasteiger partial charge is 0.271 e. The fraction of sp³-hybridized carbons (Fsp3) is 0.208. The number of aryl methyl sites for hydroxylation is 1. The van der Waals surface area contributed by atoms with Crippen molar-refractivity contribution in [2.45, 2.75) is 12.1 Å². The largest absolute Gasteiger partial charge is 0.486 e. The number of nitrogens with one attached hydrogen (secondary N) is 1. The Hall–Kier alpha value is -3.30.